The van der Waals surface area contributed by atoms with Crippen molar-refractivity contribution in [3.63, 3.8) is 0 Å². The molecule has 1 amide bonds. The molecular weight excluding hydrogens is 280 g/mol. The number of amides is 1. The molecule has 0 saturated carbocycles. The number of pyridine rings is 1. The van der Waals surface area contributed by atoms with Crippen LogP contribution in [0.15, 0.2) is 12.3 Å². The number of morpholine rings is 1. The second-order valence-corrected chi connectivity index (χ2v) is 6.71. The molecule has 0 aromatic carbocycles. The number of rotatable bonds is 4. The van der Waals surface area contributed by atoms with E-state index in [9.17, 15) is 4.79 Å². The van der Waals surface area contributed by atoms with Crippen LogP contribution in [0.5, 0.6) is 0 Å². The van der Waals surface area contributed by atoms with Crippen LogP contribution in [0.25, 0.3) is 22.3 Å². The highest BCUT2D eigenvalue weighted by Gasteiger charge is 2.29. The highest BCUT2D eigenvalue weighted by molar-refractivity contribution is 6.13. The minimum absolute atomic E-state index is 0.0329. The third-order valence-electron chi connectivity index (χ3n) is 4.28. The minimum Gasteiger partial charge on any atom is -0.379 e. The Hall–Kier alpha value is -1.92. The third kappa shape index (κ3) is 2.38. The topological polar surface area (TPSA) is 70.2 Å². The van der Waals surface area contributed by atoms with Gasteiger partial charge in [-0.25, -0.2) is 4.98 Å². The van der Waals surface area contributed by atoms with Crippen LogP contribution in [0.3, 0.4) is 0 Å². The Kier molecular flexibility index (Phi) is 2.99. The number of aromatic nitrogens is 2. The van der Waals surface area contributed by atoms with Gasteiger partial charge in [-0.2, -0.15) is 0 Å². The maximum atomic E-state index is 12.6. The van der Waals surface area contributed by atoms with Crippen molar-refractivity contribution in [2.45, 2.75) is 19.4 Å². The van der Waals surface area contributed by atoms with Crippen molar-refractivity contribution in [1.29, 1.82) is 0 Å². The zero-order valence-electron chi connectivity index (χ0n) is 12.9. The quantitative estimate of drug-likeness (QED) is 0.764. The van der Waals surface area contributed by atoms with Gasteiger partial charge in [-0.05, 0) is 19.9 Å². The molecule has 1 aliphatic carbocycles. The fraction of sp³-hybridized carbons (Fsp3) is 0.500. The molecular formula is C16H20N4O2. The second kappa shape index (κ2) is 4.79. The van der Waals surface area contributed by atoms with Gasteiger partial charge >= 0.3 is 0 Å². The molecule has 0 bridgehead atoms. The molecule has 6 nitrogen and oxygen atoms in total. The zero-order chi connectivity index (χ0) is 15.3. The zero-order valence-corrected chi connectivity index (χ0v) is 12.9. The van der Waals surface area contributed by atoms with Gasteiger partial charge in [-0.1, -0.05) is 0 Å². The molecule has 2 N–H and O–H groups in total. The Bertz CT molecular complexity index is 744. The predicted molar refractivity (Wildman–Crippen MR) is 83.9 cm³/mol. The number of hydrogen-bond acceptors (Lipinski definition) is 4. The molecule has 6 heteroatoms. The number of ether oxygens (including phenoxy) is 1. The van der Waals surface area contributed by atoms with Crippen molar-refractivity contribution in [3.8, 4) is 11.4 Å². The molecule has 3 heterocycles. The minimum atomic E-state index is -0.287. The van der Waals surface area contributed by atoms with Crippen LogP contribution < -0.4 is 5.32 Å². The standard InChI is InChI=1S/C16H20N4O2/c1-16(2,9-20-3-5-22-6-4-20)19-15(21)11-8-17-13-10(11)7-12-14(13)18-12/h7-8,17H,3-6,9H2,1-2H3,(H,19,21). The first-order valence-electron chi connectivity index (χ1n) is 7.69. The average Bonchev–Trinajstić information content (AvgIpc) is 2.94. The Morgan fingerprint density at radius 3 is 3.00 bits per heavy atom. The first-order valence-corrected chi connectivity index (χ1v) is 7.69. The van der Waals surface area contributed by atoms with Crippen molar-refractivity contribution in [3.05, 3.63) is 17.8 Å². The lowest BCUT2D eigenvalue weighted by Crippen LogP contribution is -2.53. The molecule has 0 radical (unpaired) electrons. The van der Waals surface area contributed by atoms with Gasteiger partial charge in [-0.3, -0.25) is 9.69 Å². The van der Waals surface area contributed by atoms with Crippen molar-refractivity contribution in [2.75, 3.05) is 32.8 Å². The van der Waals surface area contributed by atoms with Crippen LogP contribution in [0, 0.1) is 0 Å². The second-order valence-electron chi connectivity index (χ2n) is 6.71. The molecule has 0 spiro atoms. The fourth-order valence-electron chi connectivity index (χ4n) is 3.21. The molecule has 1 saturated heterocycles. The molecule has 1 aromatic heterocycles. The van der Waals surface area contributed by atoms with Crippen LogP contribution in [0.4, 0.5) is 0 Å². The predicted octanol–water partition coefficient (Wildman–Crippen LogP) is 1.38. The Balaban J connectivity index is 1.46. The third-order valence-corrected chi connectivity index (χ3v) is 4.28. The number of carbonyl (C=O) groups is 1. The summed E-state index contributed by atoms with van der Waals surface area (Å²) in [6.07, 6.45) is 1.78. The molecule has 3 aliphatic rings. The molecule has 1 fully saturated rings. The molecule has 22 heavy (non-hydrogen) atoms. The number of nitrogens with one attached hydrogen (secondary N) is 2. The van der Waals surface area contributed by atoms with Crippen molar-refractivity contribution in [1.82, 2.24) is 20.2 Å². The van der Waals surface area contributed by atoms with E-state index in [0.717, 1.165) is 55.1 Å². The fourth-order valence-corrected chi connectivity index (χ4v) is 3.21. The van der Waals surface area contributed by atoms with E-state index in [1.807, 2.05) is 6.07 Å². The number of nitrogens with zero attached hydrogens (tertiary/aromatic N) is 2. The maximum absolute atomic E-state index is 12.6. The summed E-state index contributed by atoms with van der Waals surface area (Å²) in [4.78, 5) is 22.3. The maximum Gasteiger partial charge on any atom is 0.253 e. The van der Waals surface area contributed by atoms with Gasteiger partial charge in [0.05, 0.1) is 30.0 Å². The lowest BCUT2D eigenvalue weighted by molar-refractivity contribution is 0.0269. The normalized spacial score (nSPS) is 17.7. The van der Waals surface area contributed by atoms with Gasteiger partial charge in [0.25, 0.3) is 5.91 Å². The first-order chi connectivity index (χ1) is 10.5. The van der Waals surface area contributed by atoms with E-state index in [2.05, 4.69) is 34.0 Å². The monoisotopic (exact) mass is 300 g/mol. The lowest BCUT2D eigenvalue weighted by atomic mass is 10.0. The lowest BCUT2D eigenvalue weighted by Gasteiger charge is -2.35. The Labute approximate surface area is 128 Å². The van der Waals surface area contributed by atoms with Crippen LogP contribution >= 0.6 is 0 Å². The molecule has 2 aliphatic heterocycles. The van der Waals surface area contributed by atoms with E-state index >= 15 is 0 Å². The SMILES string of the molecule is CC(C)(CN1CCOCC1)NC(=O)c1c[nH]c2c3nc-3cc12. The Morgan fingerprint density at radius 2 is 2.23 bits per heavy atom. The number of fused-ring (bicyclic) bond motifs is 3. The van der Waals surface area contributed by atoms with Gasteiger partial charge in [0.1, 0.15) is 5.69 Å². The van der Waals surface area contributed by atoms with Crippen LogP contribution in [-0.4, -0.2) is 59.2 Å². The number of carbonyl (C=O) groups excluding carboxylic acids is 1. The van der Waals surface area contributed by atoms with E-state index < -0.39 is 0 Å². The van der Waals surface area contributed by atoms with E-state index in [4.69, 9.17) is 4.74 Å². The van der Waals surface area contributed by atoms with Crippen LogP contribution in [-0.2, 0) is 4.74 Å². The summed E-state index contributed by atoms with van der Waals surface area (Å²) in [5, 5.41) is 4.13. The molecule has 0 unspecified atom stereocenters. The first kappa shape index (κ1) is 13.7. The number of hydrogen-bond donors (Lipinski definition) is 2. The summed E-state index contributed by atoms with van der Waals surface area (Å²) in [6, 6.07) is 1.98. The van der Waals surface area contributed by atoms with E-state index in [1.165, 1.54) is 0 Å². The summed E-state index contributed by atoms with van der Waals surface area (Å²) in [7, 11) is 0. The van der Waals surface area contributed by atoms with Gasteiger partial charge in [0, 0.05) is 36.8 Å². The van der Waals surface area contributed by atoms with Gasteiger partial charge in [0.2, 0.25) is 0 Å². The van der Waals surface area contributed by atoms with Gasteiger partial charge in [-0.15, -0.1) is 0 Å². The molecule has 1 aromatic rings. The van der Waals surface area contributed by atoms with Crippen molar-refractivity contribution < 1.29 is 9.53 Å². The molecule has 116 valence electrons. The smallest absolute Gasteiger partial charge is 0.253 e. The highest BCUT2D eigenvalue weighted by atomic mass is 16.5. The van der Waals surface area contributed by atoms with Gasteiger partial charge in [0.15, 0.2) is 0 Å². The van der Waals surface area contributed by atoms with Crippen LogP contribution in [0.1, 0.15) is 24.2 Å². The molecule has 4 rings (SSSR count). The van der Waals surface area contributed by atoms with Crippen LogP contribution in [0.2, 0.25) is 0 Å². The number of aromatic amines is 1. The van der Waals surface area contributed by atoms with Crippen molar-refractivity contribution >= 4 is 16.8 Å². The average molecular weight is 300 g/mol. The largest absolute Gasteiger partial charge is 0.379 e. The Morgan fingerprint density at radius 1 is 1.45 bits per heavy atom. The van der Waals surface area contributed by atoms with Crippen molar-refractivity contribution in [2.24, 2.45) is 0 Å². The summed E-state index contributed by atoms with van der Waals surface area (Å²) in [5.41, 5.74) is 3.40. The van der Waals surface area contributed by atoms with E-state index in [0.29, 0.717) is 5.56 Å². The summed E-state index contributed by atoms with van der Waals surface area (Å²) in [6.45, 7) is 8.33. The molecule has 0 atom stereocenters. The summed E-state index contributed by atoms with van der Waals surface area (Å²) >= 11 is 0. The van der Waals surface area contributed by atoms with Gasteiger partial charge < -0.3 is 15.0 Å². The number of H-pyrrole nitrogens is 1. The van der Waals surface area contributed by atoms with E-state index in [-0.39, 0.29) is 11.4 Å². The summed E-state index contributed by atoms with van der Waals surface area (Å²) < 4.78 is 5.37. The highest BCUT2D eigenvalue weighted by Crippen LogP contribution is 2.39. The van der Waals surface area contributed by atoms with E-state index in [1.54, 1.807) is 6.20 Å². The summed E-state index contributed by atoms with van der Waals surface area (Å²) in [5.74, 6) is -0.0329.